The van der Waals surface area contributed by atoms with Crippen molar-refractivity contribution in [1.82, 2.24) is 24.3 Å². The van der Waals surface area contributed by atoms with E-state index >= 15 is 0 Å². The predicted molar refractivity (Wildman–Crippen MR) is 104 cm³/mol. The van der Waals surface area contributed by atoms with E-state index in [0.717, 1.165) is 5.56 Å². The maximum atomic E-state index is 13.0. The highest BCUT2D eigenvalue weighted by atomic mass is 32.2. The van der Waals surface area contributed by atoms with Gasteiger partial charge in [0.1, 0.15) is 6.33 Å². The van der Waals surface area contributed by atoms with Crippen LogP contribution in [0, 0.1) is 6.92 Å². The Labute approximate surface area is 163 Å². The summed E-state index contributed by atoms with van der Waals surface area (Å²) in [5.74, 6) is 0.262. The second-order valence-electron chi connectivity index (χ2n) is 7.98. The van der Waals surface area contributed by atoms with Crippen LogP contribution in [0.4, 0.5) is 5.82 Å². The molecule has 3 aliphatic rings. The van der Waals surface area contributed by atoms with Crippen LogP contribution in [0.1, 0.15) is 26.8 Å². The summed E-state index contributed by atoms with van der Waals surface area (Å²) in [6, 6.07) is 5.03. The lowest BCUT2D eigenvalue weighted by Crippen LogP contribution is -2.58. The standard InChI is InChI=1S/C18H20N6O3S.H2/c1-11-3-4-12(28(25,26)23-18-7-17(2,8-18)27-9-18)5-13(11)14-6-20-16-15(19)21-10-22-24(14)16;/h3-6,10,23H,7-9H2,1-2H3,(H2,19,21,22);1H. The number of imidazole rings is 1. The smallest absolute Gasteiger partial charge is 0.241 e. The fourth-order valence-corrected chi connectivity index (χ4v) is 5.82. The Bertz CT molecular complexity index is 1220. The van der Waals surface area contributed by atoms with Crippen molar-refractivity contribution in [3.05, 3.63) is 36.3 Å². The third kappa shape index (κ3) is 2.52. The van der Waals surface area contributed by atoms with Gasteiger partial charge in [-0.3, -0.25) is 0 Å². The molecule has 2 saturated heterocycles. The summed E-state index contributed by atoms with van der Waals surface area (Å²) in [5, 5.41) is 4.20. The highest BCUT2D eigenvalue weighted by Crippen LogP contribution is 2.51. The van der Waals surface area contributed by atoms with Gasteiger partial charge in [-0.2, -0.15) is 5.10 Å². The van der Waals surface area contributed by atoms with E-state index < -0.39 is 15.6 Å². The van der Waals surface area contributed by atoms with Crippen LogP contribution in [-0.2, 0) is 14.8 Å². The first-order valence-corrected chi connectivity index (χ1v) is 10.4. The molecule has 4 heterocycles. The number of anilines is 1. The maximum Gasteiger partial charge on any atom is 0.241 e. The molecular weight excluding hydrogens is 380 g/mol. The summed E-state index contributed by atoms with van der Waals surface area (Å²) in [6.07, 6.45) is 4.36. The number of aromatic nitrogens is 4. The quantitative estimate of drug-likeness (QED) is 0.678. The molecule has 28 heavy (non-hydrogen) atoms. The molecule has 9 nitrogen and oxygen atoms in total. The molecule has 1 saturated carbocycles. The largest absolute Gasteiger partial charge is 0.381 e. The van der Waals surface area contributed by atoms with Crippen molar-refractivity contribution in [2.75, 3.05) is 12.3 Å². The van der Waals surface area contributed by atoms with E-state index in [-0.39, 0.29) is 17.7 Å². The number of nitrogen functional groups attached to an aromatic ring is 1. The molecule has 0 radical (unpaired) electrons. The van der Waals surface area contributed by atoms with Crippen LogP contribution in [0.25, 0.3) is 16.9 Å². The lowest BCUT2D eigenvalue weighted by molar-refractivity contribution is 0.0151. The molecule has 2 aromatic heterocycles. The number of nitrogens with zero attached hydrogens (tertiary/aromatic N) is 4. The van der Waals surface area contributed by atoms with E-state index in [2.05, 4.69) is 19.8 Å². The molecule has 0 atom stereocenters. The Balaban J connectivity index is 0.00000205. The van der Waals surface area contributed by atoms with Gasteiger partial charge in [0, 0.05) is 6.99 Å². The lowest BCUT2D eigenvalue weighted by Gasteiger charge is -2.42. The second kappa shape index (κ2) is 5.49. The van der Waals surface area contributed by atoms with Crippen LogP contribution < -0.4 is 10.5 Å². The first-order chi connectivity index (χ1) is 13.2. The summed E-state index contributed by atoms with van der Waals surface area (Å²) < 4.78 is 36.2. The fraction of sp³-hybridized carbons (Fsp3) is 0.389. The molecule has 2 aliphatic heterocycles. The van der Waals surface area contributed by atoms with Gasteiger partial charge in [0.25, 0.3) is 0 Å². The van der Waals surface area contributed by atoms with Crippen molar-refractivity contribution < 1.29 is 14.6 Å². The monoisotopic (exact) mass is 402 g/mol. The number of sulfonamides is 1. The van der Waals surface area contributed by atoms with Gasteiger partial charge >= 0.3 is 0 Å². The number of aryl methyl sites for hydroxylation is 1. The van der Waals surface area contributed by atoms with Crippen molar-refractivity contribution >= 4 is 21.5 Å². The van der Waals surface area contributed by atoms with Crippen LogP contribution >= 0.6 is 0 Å². The minimum absolute atomic E-state index is 0. The molecule has 1 aromatic carbocycles. The zero-order valence-electron chi connectivity index (χ0n) is 15.5. The van der Waals surface area contributed by atoms with Gasteiger partial charge in [0.15, 0.2) is 11.5 Å². The SMILES string of the molecule is Cc1ccc(S(=O)(=O)NC23COC(C)(C2)C3)cc1-c1cnc2c(N)ncnn12.[HH]. The van der Waals surface area contributed by atoms with Crippen LogP contribution in [-0.4, -0.2) is 45.7 Å². The van der Waals surface area contributed by atoms with E-state index in [1.807, 2.05) is 13.8 Å². The number of rotatable bonds is 4. The van der Waals surface area contributed by atoms with Crippen LogP contribution in [0.5, 0.6) is 0 Å². The molecule has 3 aromatic rings. The first kappa shape index (κ1) is 17.5. The van der Waals surface area contributed by atoms with E-state index in [1.165, 1.54) is 6.33 Å². The molecule has 0 unspecified atom stereocenters. The third-order valence-corrected chi connectivity index (χ3v) is 7.17. The van der Waals surface area contributed by atoms with E-state index in [9.17, 15) is 8.42 Å². The zero-order chi connectivity index (χ0) is 19.7. The molecule has 1 aliphatic carbocycles. The highest BCUT2D eigenvalue weighted by molar-refractivity contribution is 7.89. The number of hydrogen-bond donors (Lipinski definition) is 2. The average Bonchev–Trinajstić information content (AvgIpc) is 3.26. The molecule has 2 bridgehead atoms. The van der Waals surface area contributed by atoms with Gasteiger partial charge in [-0.15, -0.1) is 0 Å². The summed E-state index contributed by atoms with van der Waals surface area (Å²) >= 11 is 0. The van der Waals surface area contributed by atoms with Gasteiger partial charge in [0.2, 0.25) is 10.0 Å². The molecule has 148 valence electrons. The van der Waals surface area contributed by atoms with E-state index in [1.54, 1.807) is 28.9 Å². The number of hydrogen-bond acceptors (Lipinski definition) is 7. The molecule has 10 heteroatoms. The summed E-state index contributed by atoms with van der Waals surface area (Å²) in [4.78, 5) is 8.40. The maximum absolute atomic E-state index is 13.0. The zero-order valence-corrected chi connectivity index (χ0v) is 16.3. The van der Waals surface area contributed by atoms with Gasteiger partial charge in [0.05, 0.1) is 34.5 Å². The molecule has 3 N–H and O–H groups in total. The van der Waals surface area contributed by atoms with Crippen molar-refractivity contribution in [1.29, 1.82) is 0 Å². The summed E-state index contributed by atoms with van der Waals surface area (Å²) in [7, 11) is -3.70. The number of benzene rings is 1. The number of nitrogens with two attached hydrogens (primary N) is 1. The molecule has 0 spiro atoms. The second-order valence-corrected chi connectivity index (χ2v) is 9.66. The van der Waals surface area contributed by atoms with Crippen molar-refractivity contribution in [3.8, 4) is 11.3 Å². The van der Waals surface area contributed by atoms with Crippen molar-refractivity contribution in [2.45, 2.75) is 42.7 Å². The molecule has 0 amide bonds. The van der Waals surface area contributed by atoms with Crippen LogP contribution in [0.3, 0.4) is 0 Å². The van der Waals surface area contributed by atoms with Gasteiger partial charge in [-0.1, -0.05) is 6.07 Å². The van der Waals surface area contributed by atoms with Crippen LogP contribution in [0.2, 0.25) is 0 Å². The normalized spacial score (nSPS) is 26.5. The minimum atomic E-state index is -3.70. The minimum Gasteiger partial charge on any atom is -0.381 e. The molecule has 3 fully saturated rings. The molecule has 6 rings (SSSR count). The number of ether oxygens (including phenoxy) is 1. The highest BCUT2D eigenvalue weighted by Gasteiger charge is 2.61. The lowest BCUT2D eigenvalue weighted by atomic mass is 9.70. The fourth-order valence-electron chi connectivity index (χ4n) is 4.40. The Morgan fingerprint density at radius 3 is 2.82 bits per heavy atom. The predicted octanol–water partition coefficient (Wildman–Crippen LogP) is 1.53. The third-order valence-electron chi connectivity index (χ3n) is 5.60. The van der Waals surface area contributed by atoms with Gasteiger partial charge in [-0.05, 0) is 44.4 Å². The number of fused-ring (bicyclic) bond motifs is 2. The topological polar surface area (TPSA) is 124 Å². The first-order valence-electron chi connectivity index (χ1n) is 8.94. The summed E-state index contributed by atoms with van der Waals surface area (Å²) in [6.45, 7) is 4.32. The number of nitrogens with one attached hydrogen (secondary N) is 1. The Hall–Kier alpha value is -2.56. The molecular formula is C18H22N6O3S. The van der Waals surface area contributed by atoms with Gasteiger partial charge < -0.3 is 10.5 Å². The van der Waals surface area contributed by atoms with Gasteiger partial charge in [-0.25, -0.2) is 27.6 Å². The van der Waals surface area contributed by atoms with Crippen molar-refractivity contribution in [2.24, 2.45) is 0 Å². The van der Waals surface area contributed by atoms with E-state index in [0.29, 0.717) is 36.4 Å². The van der Waals surface area contributed by atoms with Crippen LogP contribution in [0.15, 0.2) is 35.6 Å². The average molecular weight is 402 g/mol. The Morgan fingerprint density at radius 1 is 1.32 bits per heavy atom. The Morgan fingerprint density at radius 2 is 2.11 bits per heavy atom. The Kier molecular flexibility index (Phi) is 3.44. The van der Waals surface area contributed by atoms with E-state index in [4.69, 9.17) is 10.5 Å². The van der Waals surface area contributed by atoms with Crippen molar-refractivity contribution in [3.63, 3.8) is 0 Å². The summed E-state index contributed by atoms with van der Waals surface area (Å²) in [5.41, 5.74) is 7.85.